The fourth-order valence-corrected chi connectivity index (χ4v) is 6.13. The second-order valence-corrected chi connectivity index (χ2v) is 9.71. The lowest BCUT2D eigenvalue weighted by molar-refractivity contribution is -0.123. The molecule has 0 unspecified atom stereocenters. The number of hydrogen-bond acceptors (Lipinski definition) is 3. The number of carbonyl (C=O) groups excluding carboxylic acids is 2. The number of hydrogen-bond donors (Lipinski definition) is 1. The van der Waals surface area contributed by atoms with E-state index < -0.39 is 4.87 Å². The first-order valence-electron chi connectivity index (χ1n) is 10.4. The normalized spacial score (nSPS) is 19.5. The van der Waals surface area contributed by atoms with Crippen LogP contribution in [0.1, 0.15) is 16.7 Å². The summed E-state index contributed by atoms with van der Waals surface area (Å²) in [5.41, 5.74) is 4.53. The number of thioether (sulfide) groups is 1. The van der Waals surface area contributed by atoms with Crippen molar-refractivity contribution in [1.82, 2.24) is 4.90 Å². The van der Waals surface area contributed by atoms with Gasteiger partial charge in [0.15, 0.2) is 4.87 Å². The highest BCUT2D eigenvalue weighted by Crippen LogP contribution is 2.54. The number of amides is 3. The van der Waals surface area contributed by atoms with Crippen molar-refractivity contribution in [2.75, 3.05) is 22.5 Å². The van der Waals surface area contributed by atoms with Gasteiger partial charge in [-0.15, -0.1) is 11.8 Å². The molecule has 0 radical (unpaired) electrons. The minimum Gasteiger partial charge on any atom is -0.308 e. The third-order valence-corrected chi connectivity index (χ3v) is 7.50. The molecule has 3 aromatic rings. The fourth-order valence-electron chi connectivity index (χ4n) is 4.48. The topological polar surface area (TPSA) is 52.7 Å². The maximum atomic E-state index is 14.0. The molecule has 5 rings (SSSR count). The van der Waals surface area contributed by atoms with Gasteiger partial charge in [-0.25, -0.2) is 4.79 Å². The van der Waals surface area contributed by atoms with Crippen LogP contribution in [0.15, 0.2) is 72.8 Å². The minimum atomic E-state index is -1.07. The van der Waals surface area contributed by atoms with Crippen molar-refractivity contribution in [1.29, 1.82) is 0 Å². The Bertz CT molecular complexity index is 1220. The molecule has 3 amide bonds. The smallest absolute Gasteiger partial charge is 0.308 e. The summed E-state index contributed by atoms with van der Waals surface area (Å²) in [7, 11) is 0. The van der Waals surface area contributed by atoms with Crippen LogP contribution in [-0.4, -0.2) is 29.1 Å². The summed E-state index contributed by atoms with van der Waals surface area (Å²) >= 11 is 7.59. The molecule has 1 atom stereocenters. The van der Waals surface area contributed by atoms with Crippen LogP contribution in [0, 0.1) is 6.92 Å². The molecule has 32 heavy (non-hydrogen) atoms. The van der Waals surface area contributed by atoms with Gasteiger partial charge < -0.3 is 10.2 Å². The van der Waals surface area contributed by atoms with E-state index in [4.69, 9.17) is 11.6 Å². The second-order valence-electron chi connectivity index (χ2n) is 7.98. The Kier molecular flexibility index (Phi) is 5.35. The molecule has 1 saturated heterocycles. The summed E-state index contributed by atoms with van der Waals surface area (Å²) in [6.45, 7) is 2.98. The number of anilines is 2. The predicted octanol–water partition coefficient (Wildman–Crippen LogP) is 5.63. The number of aryl methyl sites for hydroxylation is 1. The SMILES string of the molecule is Cc1cccc(CN2C(=O)[C@]3(SCCN3C(=O)Nc3cccc(Cl)c3)c3ccccc32)c1. The van der Waals surface area contributed by atoms with Gasteiger partial charge in [-0.2, -0.15) is 0 Å². The average Bonchev–Trinajstić information content (AvgIpc) is 3.31. The molecule has 0 aliphatic carbocycles. The van der Waals surface area contributed by atoms with E-state index in [1.807, 2.05) is 54.3 Å². The molecule has 1 N–H and O–H groups in total. The summed E-state index contributed by atoms with van der Waals surface area (Å²) in [6.07, 6.45) is 0. The number of para-hydroxylation sites is 1. The number of rotatable bonds is 3. The van der Waals surface area contributed by atoms with Gasteiger partial charge >= 0.3 is 6.03 Å². The van der Waals surface area contributed by atoms with Crippen LogP contribution in [0.2, 0.25) is 5.02 Å². The van der Waals surface area contributed by atoms with Crippen molar-refractivity contribution in [2.45, 2.75) is 18.3 Å². The Hall–Kier alpha value is -2.96. The van der Waals surface area contributed by atoms with E-state index in [0.29, 0.717) is 29.6 Å². The molecule has 1 fully saturated rings. The standard InChI is InChI=1S/C25H22ClN3O2S/c1-17-6-4-7-18(14-17)16-28-22-11-3-2-10-21(22)25(23(28)30)29(12-13-32-25)24(31)27-20-9-5-8-19(26)15-20/h2-11,14-15H,12-13,16H2,1H3,(H,27,31)/t25-/m1/s1. The van der Waals surface area contributed by atoms with Crippen molar-refractivity contribution in [3.05, 3.63) is 94.5 Å². The van der Waals surface area contributed by atoms with Gasteiger partial charge in [0.1, 0.15) is 0 Å². The van der Waals surface area contributed by atoms with Gasteiger partial charge in [0.2, 0.25) is 0 Å². The number of nitrogens with zero attached hydrogens (tertiary/aromatic N) is 2. The lowest BCUT2D eigenvalue weighted by Gasteiger charge is -2.33. The van der Waals surface area contributed by atoms with Gasteiger partial charge in [0.05, 0.1) is 12.2 Å². The summed E-state index contributed by atoms with van der Waals surface area (Å²) in [4.78, 5) is 29.7. The maximum Gasteiger partial charge on any atom is 0.323 e. The van der Waals surface area contributed by atoms with Gasteiger partial charge in [-0.05, 0) is 36.8 Å². The third kappa shape index (κ3) is 3.44. The van der Waals surface area contributed by atoms with E-state index in [-0.39, 0.29) is 11.9 Å². The Labute approximate surface area is 196 Å². The molecule has 3 aromatic carbocycles. The molecule has 1 spiro atoms. The summed E-state index contributed by atoms with van der Waals surface area (Å²) in [5.74, 6) is 0.602. The zero-order valence-corrected chi connectivity index (χ0v) is 19.1. The molecule has 0 bridgehead atoms. The molecule has 2 aliphatic heterocycles. The maximum absolute atomic E-state index is 14.0. The van der Waals surface area contributed by atoms with Crippen LogP contribution in [0.25, 0.3) is 0 Å². The van der Waals surface area contributed by atoms with E-state index in [2.05, 4.69) is 11.4 Å². The average molecular weight is 464 g/mol. The summed E-state index contributed by atoms with van der Waals surface area (Å²) < 4.78 is 0. The van der Waals surface area contributed by atoms with Crippen molar-refractivity contribution >= 4 is 46.7 Å². The second kappa shape index (κ2) is 8.19. The number of benzene rings is 3. The zero-order chi connectivity index (χ0) is 22.3. The Balaban J connectivity index is 1.51. The quantitative estimate of drug-likeness (QED) is 0.547. The molecule has 162 valence electrons. The van der Waals surface area contributed by atoms with E-state index in [1.54, 1.807) is 29.2 Å². The van der Waals surface area contributed by atoms with Gasteiger partial charge in [-0.1, -0.05) is 65.7 Å². The van der Waals surface area contributed by atoms with Crippen LogP contribution in [0.5, 0.6) is 0 Å². The number of urea groups is 1. The Morgan fingerprint density at radius 1 is 1.09 bits per heavy atom. The first-order chi connectivity index (χ1) is 15.5. The monoisotopic (exact) mass is 463 g/mol. The summed E-state index contributed by atoms with van der Waals surface area (Å²) in [5, 5.41) is 3.46. The molecule has 2 heterocycles. The van der Waals surface area contributed by atoms with Crippen LogP contribution in [-0.2, 0) is 16.2 Å². The first kappa shape index (κ1) is 20.9. The van der Waals surface area contributed by atoms with Crippen LogP contribution >= 0.6 is 23.4 Å². The molecular formula is C25H22ClN3O2S. The molecule has 0 aromatic heterocycles. The van der Waals surface area contributed by atoms with Crippen molar-refractivity contribution < 1.29 is 9.59 Å². The Morgan fingerprint density at radius 3 is 2.72 bits per heavy atom. The van der Waals surface area contributed by atoms with E-state index in [0.717, 1.165) is 22.4 Å². The van der Waals surface area contributed by atoms with Crippen LogP contribution < -0.4 is 10.2 Å². The van der Waals surface area contributed by atoms with Gasteiger partial charge in [0, 0.05) is 28.6 Å². The molecule has 5 nitrogen and oxygen atoms in total. The number of carbonyl (C=O) groups is 2. The highest BCUT2D eigenvalue weighted by Gasteiger charge is 2.59. The van der Waals surface area contributed by atoms with Crippen molar-refractivity contribution in [3.8, 4) is 0 Å². The summed E-state index contributed by atoms with van der Waals surface area (Å²) in [6, 6.07) is 22.7. The predicted molar refractivity (Wildman–Crippen MR) is 130 cm³/mol. The largest absolute Gasteiger partial charge is 0.323 e. The van der Waals surface area contributed by atoms with Gasteiger partial charge in [0.25, 0.3) is 5.91 Å². The van der Waals surface area contributed by atoms with Crippen molar-refractivity contribution in [2.24, 2.45) is 0 Å². The van der Waals surface area contributed by atoms with Gasteiger partial charge in [-0.3, -0.25) is 9.69 Å². The van der Waals surface area contributed by atoms with E-state index in [1.165, 1.54) is 11.8 Å². The van der Waals surface area contributed by atoms with E-state index >= 15 is 0 Å². The minimum absolute atomic E-state index is 0.0797. The first-order valence-corrected chi connectivity index (χ1v) is 11.8. The molecule has 0 saturated carbocycles. The number of halogens is 1. The van der Waals surface area contributed by atoms with Crippen LogP contribution in [0.4, 0.5) is 16.2 Å². The molecule has 7 heteroatoms. The Morgan fingerprint density at radius 2 is 1.91 bits per heavy atom. The lowest BCUT2D eigenvalue weighted by atomic mass is 10.1. The fraction of sp³-hybridized carbons (Fsp3) is 0.200. The van der Waals surface area contributed by atoms with Crippen LogP contribution in [0.3, 0.4) is 0 Å². The highest BCUT2D eigenvalue weighted by molar-refractivity contribution is 8.01. The lowest BCUT2D eigenvalue weighted by Crippen LogP contribution is -2.51. The van der Waals surface area contributed by atoms with E-state index in [9.17, 15) is 9.59 Å². The zero-order valence-electron chi connectivity index (χ0n) is 17.5. The van der Waals surface area contributed by atoms with Crippen molar-refractivity contribution in [3.63, 3.8) is 0 Å². The molecular weight excluding hydrogens is 442 g/mol. The third-order valence-electron chi connectivity index (χ3n) is 5.85. The number of nitrogens with one attached hydrogen (secondary N) is 1. The molecule has 2 aliphatic rings. The number of fused-ring (bicyclic) bond motifs is 2. The highest BCUT2D eigenvalue weighted by atomic mass is 35.5.